The second-order valence-electron chi connectivity index (χ2n) is 6.11. The number of rotatable bonds is 3. The summed E-state index contributed by atoms with van der Waals surface area (Å²) in [7, 11) is 1.75. The first kappa shape index (κ1) is 15.1. The molecule has 9 heteroatoms. The molecule has 8 nitrogen and oxygen atoms in total. The minimum absolute atomic E-state index is 0.0543. The predicted molar refractivity (Wildman–Crippen MR) is 93.9 cm³/mol. The third kappa shape index (κ3) is 2.75. The van der Waals surface area contributed by atoms with Gasteiger partial charge in [0.1, 0.15) is 0 Å². The van der Waals surface area contributed by atoms with Crippen LogP contribution in [0.4, 0.5) is 10.9 Å². The largest absolute Gasteiger partial charge is 0.356 e. The van der Waals surface area contributed by atoms with Crippen LogP contribution in [0.5, 0.6) is 0 Å². The van der Waals surface area contributed by atoms with E-state index in [4.69, 9.17) is 0 Å². The zero-order valence-corrected chi connectivity index (χ0v) is 14.5. The first-order chi connectivity index (χ1) is 11.6. The quantitative estimate of drug-likeness (QED) is 0.770. The summed E-state index contributed by atoms with van der Waals surface area (Å²) in [6.45, 7) is 3.55. The Morgan fingerprint density at radius 3 is 3.12 bits per heavy atom. The molecule has 0 amide bonds. The molecule has 0 radical (unpaired) electrons. The van der Waals surface area contributed by atoms with E-state index in [-0.39, 0.29) is 11.6 Å². The Labute approximate surface area is 142 Å². The summed E-state index contributed by atoms with van der Waals surface area (Å²) < 4.78 is 3.37. The highest BCUT2D eigenvalue weighted by Gasteiger charge is 2.24. The van der Waals surface area contributed by atoms with Gasteiger partial charge in [0.2, 0.25) is 10.1 Å². The summed E-state index contributed by atoms with van der Waals surface area (Å²) in [5.41, 5.74) is 0.913. The number of fused-ring (bicyclic) bond motifs is 1. The van der Waals surface area contributed by atoms with Gasteiger partial charge in [-0.25, -0.2) is 14.5 Å². The van der Waals surface area contributed by atoms with Crippen LogP contribution in [0.2, 0.25) is 0 Å². The molecule has 0 aromatic carbocycles. The van der Waals surface area contributed by atoms with E-state index in [0.717, 1.165) is 41.7 Å². The van der Waals surface area contributed by atoms with E-state index in [0.29, 0.717) is 5.82 Å². The van der Waals surface area contributed by atoms with E-state index >= 15 is 0 Å². The van der Waals surface area contributed by atoms with Crippen LogP contribution in [0.15, 0.2) is 23.4 Å². The van der Waals surface area contributed by atoms with Crippen LogP contribution < -0.4 is 15.8 Å². The van der Waals surface area contributed by atoms with Crippen molar-refractivity contribution in [1.82, 2.24) is 24.1 Å². The van der Waals surface area contributed by atoms with Crippen LogP contribution in [0.3, 0.4) is 0 Å². The smallest absolute Gasteiger partial charge is 0.293 e. The Hall–Kier alpha value is -2.42. The minimum atomic E-state index is -0.0543. The maximum atomic E-state index is 12.3. The van der Waals surface area contributed by atoms with Crippen molar-refractivity contribution >= 4 is 27.2 Å². The molecule has 126 valence electrons. The third-order valence-electron chi connectivity index (χ3n) is 4.21. The lowest BCUT2D eigenvalue weighted by Gasteiger charge is -2.33. The third-order valence-corrected chi connectivity index (χ3v) is 5.06. The minimum Gasteiger partial charge on any atom is -0.356 e. The Bertz CT molecular complexity index is 896. The van der Waals surface area contributed by atoms with Crippen molar-refractivity contribution in [3.63, 3.8) is 0 Å². The number of aryl methyl sites for hydroxylation is 2. The van der Waals surface area contributed by atoms with Crippen LogP contribution in [0, 0.1) is 6.92 Å². The molecule has 0 bridgehead atoms. The molecule has 3 aromatic heterocycles. The fourth-order valence-corrected chi connectivity index (χ4v) is 3.93. The van der Waals surface area contributed by atoms with E-state index in [1.54, 1.807) is 39.9 Å². The van der Waals surface area contributed by atoms with Crippen molar-refractivity contribution in [3.8, 4) is 0 Å². The van der Waals surface area contributed by atoms with Gasteiger partial charge in [-0.15, -0.1) is 5.10 Å². The fraction of sp³-hybridized carbons (Fsp3) is 0.467. The molecule has 0 aliphatic carbocycles. The second-order valence-corrected chi connectivity index (χ2v) is 7.07. The monoisotopic (exact) mass is 345 g/mol. The highest BCUT2D eigenvalue weighted by atomic mass is 32.1. The molecule has 0 unspecified atom stereocenters. The first-order valence-electron chi connectivity index (χ1n) is 7.96. The van der Waals surface area contributed by atoms with E-state index in [9.17, 15) is 4.79 Å². The van der Waals surface area contributed by atoms with Gasteiger partial charge >= 0.3 is 0 Å². The molecule has 0 saturated carbocycles. The maximum Gasteiger partial charge on any atom is 0.293 e. The summed E-state index contributed by atoms with van der Waals surface area (Å²) in [4.78, 5) is 23.9. The Balaban J connectivity index is 1.51. The summed E-state index contributed by atoms with van der Waals surface area (Å²) in [5.74, 6) is 0.524. The Morgan fingerprint density at radius 2 is 2.29 bits per heavy atom. The van der Waals surface area contributed by atoms with Crippen LogP contribution in [0.25, 0.3) is 4.96 Å². The highest BCUT2D eigenvalue weighted by Crippen LogP contribution is 2.23. The average molecular weight is 345 g/mol. The normalized spacial score (nSPS) is 18.2. The predicted octanol–water partition coefficient (Wildman–Crippen LogP) is 1.27. The highest BCUT2D eigenvalue weighted by molar-refractivity contribution is 7.20. The van der Waals surface area contributed by atoms with Gasteiger partial charge < -0.3 is 14.8 Å². The molecular weight excluding hydrogens is 326 g/mol. The number of aromatic nitrogens is 5. The van der Waals surface area contributed by atoms with E-state index in [1.165, 1.54) is 0 Å². The van der Waals surface area contributed by atoms with Gasteiger partial charge in [-0.2, -0.15) is 0 Å². The van der Waals surface area contributed by atoms with E-state index in [1.807, 2.05) is 13.1 Å². The lowest BCUT2D eigenvalue weighted by Crippen LogP contribution is -2.45. The number of piperidine rings is 1. The number of nitrogens with zero attached hydrogens (tertiary/aromatic N) is 6. The average Bonchev–Trinajstić information content (AvgIpc) is 3.07. The fourth-order valence-electron chi connectivity index (χ4n) is 3.03. The van der Waals surface area contributed by atoms with Gasteiger partial charge in [-0.1, -0.05) is 11.3 Å². The van der Waals surface area contributed by atoms with Crippen LogP contribution in [-0.4, -0.2) is 43.3 Å². The summed E-state index contributed by atoms with van der Waals surface area (Å²) in [5, 5.41) is 8.86. The molecule has 1 aliphatic heterocycles. The molecule has 1 N–H and O–H groups in total. The van der Waals surface area contributed by atoms with Gasteiger partial charge in [-0.05, 0) is 19.8 Å². The zero-order chi connectivity index (χ0) is 16.7. The summed E-state index contributed by atoms with van der Waals surface area (Å²) >= 11 is 1.54. The van der Waals surface area contributed by atoms with Crippen molar-refractivity contribution < 1.29 is 0 Å². The number of hydrogen-bond donors (Lipinski definition) is 1. The molecule has 1 aliphatic rings. The molecule has 1 atom stereocenters. The summed E-state index contributed by atoms with van der Waals surface area (Å²) in [6, 6.07) is 0.238. The SMILES string of the molecule is Cc1cn2nc(N[C@H]3CCCN(c4nccn(C)c4=O)C3)sc2n1. The van der Waals surface area contributed by atoms with Gasteiger partial charge in [-0.3, -0.25) is 4.79 Å². The van der Waals surface area contributed by atoms with Gasteiger partial charge in [0.25, 0.3) is 5.56 Å². The van der Waals surface area contributed by atoms with Crippen molar-refractivity contribution in [2.45, 2.75) is 25.8 Å². The Kier molecular flexibility index (Phi) is 3.72. The standard InChI is InChI=1S/C15H19N7OS/c1-10-8-22-15(17-10)24-14(19-22)18-11-4-3-6-21(9-11)12-13(23)20(2)7-5-16-12/h5,7-8,11H,3-4,6,9H2,1-2H3,(H,18,19)/t11-/m0/s1. The van der Waals surface area contributed by atoms with Gasteiger partial charge in [0.05, 0.1) is 11.9 Å². The van der Waals surface area contributed by atoms with Crippen molar-refractivity contribution in [2.75, 3.05) is 23.3 Å². The number of hydrogen-bond acceptors (Lipinski definition) is 7. The molecule has 3 aromatic rings. The van der Waals surface area contributed by atoms with Crippen LogP contribution in [0.1, 0.15) is 18.5 Å². The topological polar surface area (TPSA) is 80.4 Å². The van der Waals surface area contributed by atoms with E-state index in [2.05, 4.69) is 25.3 Å². The molecule has 4 heterocycles. The maximum absolute atomic E-state index is 12.3. The number of anilines is 2. The van der Waals surface area contributed by atoms with Crippen LogP contribution in [-0.2, 0) is 7.05 Å². The molecular formula is C15H19N7OS. The Morgan fingerprint density at radius 1 is 1.42 bits per heavy atom. The first-order valence-corrected chi connectivity index (χ1v) is 8.78. The molecule has 4 rings (SSSR count). The molecule has 24 heavy (non-hydrogen) atoms. The molecule has 1 fully saturated rings. The van der Waals surface area contributed by atoms with Gasteiger partial charge in [0.15, 0.2) is 5.82 Å². The molecule has 0 spiro atoms. The van der Waals surface area contributed by atoms with Gasteiger partial charge in [0, 0.05) is 38.6 Å². The number of imidazole rings is 1. The lowest BCUT2D eigenvalue weighted by molar-refractivity contribution is 0.523. The number of nitrogens with one attached hydrogen (secondary N) is 1. The summed E-state index contributed by atoms with van der Waals surface area (Å²) in [6.07, 6.45) is 7.33. The van der Waals surface area contributed by atoms with E-state index < -0.39 is 0 Å². The van der Waals surface area contributed by atoms with Crippen molar-refractivity contribution in [1.29, 1.82) is 0 Å². The van der Waals surface area contributed by atoms with Crippen molar-refractivity contribution in [2.24, 2.45) is 7.05 Å². The second kappa shape index (κ2) is 5.90. The zero-order valence-electron chi connectivity index (χ0n) is 13.6. The molecule has 1 saturated heterocycles. The lowest BCUT2D eigenvalue weighted by atomic mass is 10.1. The van der Waals surface area contributed by atoms with Crippen molar-refractivity contribution in [3.05, 3.63) is 34.6 Å². The van der Waals surface area contributed by atoms with Crippen LogP contribution >= 0.6 is 11.3 Å².